The molecule has 1 aromatic carbocycles. The fraction of sp³-hybridized carbons (Fsp3) is 0.500. The summed E-state index contributed by atoms with van der Waals surface area (Å²) in [6.45, 7) is 0. The Hall–Kier alpha value is -1.27. The molecule has 0 unspecified atom stereocenters. The van der Waals surface area contributed by atoms with Crippen molar-refractivity contribution in [2.45, 2.75) is 43.8 Å². The Morgan fingerprint density at radius 2 is 1.95 bits per heavy atom. The lowest BCUT2D eigenvalue weighted by atomic mass is 9.94. The Morgan fingerprint density at radius 1 is 1.33 bits per heavy atom. The first-order chi connectivity index (χ1) is 9.70. The van der Waals surface area contributed by atoms with Crippen molar-refractivity contribution in [3.63, 3.8) is 0 Å². The predicted octanol–water partition coefficient (Wildman–Crippen LogP) is 3.96. The van der Waals surface area contributed by atoms with Crippen LogP contribution in [-0.4, -0.2) is 11.4 Å². The fourth-order valence-electron chi connectivity index (χ4n) is 2.57. The molecule has 0 radical (unpaired) electrons. The zero-order chi connectivity index (χ0) is 15.7. The Labute approximate surface area is 125 Å². The van der Waals surface area contributed by atoms with E-state index in [1.807, 2.05) is 0 Å². The normalized spacial score (nSPS) is 17.8. The van der Waals surface area contributed by atoms with E-state index in [2.05, 4.69) is 5.32 Å². The fourth-order valence-corrected chi connectivity index (χ4v) is 2.73. The number of carbonyl (C=O) groups excluding carboxylic acids is 1. The molecule has 1 aliphatic rings. The Bertz CT molecular complexity index is 540. The zero-order valence-electron chi connectivity index (χ0n) is 11.3. The van der Waals surface area contributed by atoms with Crippen molar-refractivity contribution in [3.05, 3.63) is 28.8 Å². The molecule has 0 atom stereocenters. The van der Waals surface area contributed by atoms with Gasteiger partial charge in [0, 0.05) is 12.0 Å². The van der Waals surface area contributed by atoms with Crippen LogP contribution in [0.25, 0.3) is 0 Å². The summed E-state index contributed by atoms with van der Waals surface area (Å²) in [5, 5.41) is 2.49. The van der Waals surface area contributed by atoms with E-state index in [4.69, 9.17) is 17.3 Å². The summed E-state index contributed by atoms with van der Waals surface area (Å²) < 4.78 is 37.9. The first-order valence-electron chi connectivity index (χ1n) is 6.65. The number of rotatable bonds is 3. The summed E-state index contributed by atoms with van der Waals surface area (Å²) in [6.07, 6.45) is -0.972. The molecule has 21 heavy (non-hydrogen) atoms. The van der Waals surface area contributed by atoms with Crippen LogP contribution < -0.4 is 11.1 Å². The highest BCUT2D eigenvalue weighted by molar-refractivity contribution is 6.33. The summed E-state index contributed by atoms with van der Waals surface area (Å²) in [4.78, 5) is 12.0. The number of carbonyl (C=O) groups is 1. The molecule has 0 aromatic heterocycles. The number of hydrogen-bond donors (Lipinski definition) is 2. The van der Waals surface area contributed by atoms with Gasteiger partial charge in [-0.25, -0.2) is 0 Å². The minimum atomic E-state index is -4.48. The van der Waals surface area contributed by atoms with E-state index in [1.54, 1.807) is 0 Å². The molecule has 3 N–H and O–H groups in total. The Kier molecular flexibility index (Phi) is 4.49. The standard InChI is InChI=1S/C14H16ClF3N2O/c15-10-4-3-9(14(16,17)18)7-11(10)20-12(21)8-13(19)5-1-2-6-13/h3-4,7H,1-2,5-6,8,19H2,(H,20,21). The molecule has 0 aliphatic heterocycles. The number of halogens is 4. The zero-order valence-corrected chi connectivity index (χ0v) is 12.0. The van der Waals surface area contributed by atoms with Crippen molar-refractivity contribution in [2.24, 2.45) is 5.73 Å². The SMILES string of the molecule is NC1(CC(=O)Nc2cc(C(F)(F)F)ccc2Cl)CCCC1. The molecular weight excluding hydrogens is 305 g/mol. The lowest BCUT2D eigenvalue weighted by Gasteiger charge is -2.22. The number of nitrogens with two attached hydrogens (primary N) is 1. The van der Waals surface area contributed by atoms with Crippen LogP contribution in [0.15, 0.2) is 18.2 Å². The molecule has 0 bridgehead atoms. The lowest BCUT2D eigenvalue weighted by molar-refractivity contribution is -0.137. The predicted molar refractivity (Wildman–Crippen MR) is 75.1 cm³/mol. The van der Waals surface area contributed by atoms with Gasteiger partial charge in [0.15, 0.2) is 0 Å². The van der Waals surface area contributed by atoms with E-state index < -0.39 is 23.2 Å². The van der Waals surface area contributed by atoms with Crippen LogP contribution in [0.5, 0.6) is 0 Å². The van der Waals surface area contributed by atoms with Gasteiger partial charge in [0.1, 0.15) is 0 Å². The molecule has 1 aliphatic carbocycles. The maximum atomic E-state index is 12.6. The van der Waals surface area contributed by atoms with Crippen LogP contribution in [0, 0.1) is 0 Å². The Morgan fingerprint density at radius 3 is 2.52 bits per heavy atom. The van der Waals surface area contributed by atoms with Crippen molar-refractivity contribution in [1.29, 1.82) is 0 Å². The maximum absolute atomic E-state index is 12.6. The summed E-state index contributed by atoms with van der Waals surface area (Å²) >= 11 is 5.83. The molecule has 0 spiro atoms. The molecule has 0 saturated heterocycles. The minimum Gasteiger partial charge on any atom is -0.325 e. The van der Waals surface area contributed by atoms with Gasteiger partial charge in [-0.3, -0.25) is 4.79 Å². The number of alkyl halides is 3. The van der Waals surface area contributed by atoms with Crippen LogP contribution in [0.2, 0.25) is 5.02 Å². The lowest BCUT2D eigenvalue weighted by Crippen LogP contribution is -2.40. The summed E-state index contributed by atoms with van der Waals surface area (Å²) in [5.41, 5.74) is 4.62. The van der Waals surface area contributed by atoms with Crippen molar-refractivity contribution < 1.29 is 18.0 Å². The smallest absolute Gasteiger partial charge is 0.325 e. The van der Waals surface area contributed by atoms with Crippen molar-refractivity contribution in [2.75, 3.05) is 5.32 Å². The topological polar surface area (TPSA) is 55.1 Å². The van der Waals surface area contributed by atoms with E-state index in [-0.39, 0.29) is 17.1 Å². The number of amides is 1. The third-order valence-electron chi connectivity index (χ3n) is 3.68. The minimum absolute atomic E-state index is 0.0434. The second-order valence-electron chi connectivity index (χ2n) is 5.49. The average molecular weight is 321 g/mol. The summed E-state index contributed by atoms with van der Waals surface area (Å²) in [5.74, 6) is -0.416. The van der Waals surface area contributed by atoms with Crippen LogP contribution in [0.1, 0.15) is 37.7 Å². The quantitative estimate of drug-likeness (QED) is 0.885. The summed E-state index contributed by atoms with van der Waals surface area (Å²) in [7, 11) is 0. The monoisotopic (exact) mass is 320 g/mol. The van der Waals surface area contributed by atoms with Crippen LogP contribution in [-0.2, 0) is 11.0 Å². The van der Waals surface area contributed by atoms with Gasteiger partial charge in [-0.05, 0) is 31.0 Å². The third-order valence-corrected chi connectivity index (χ3v) is 4.01. The van der Waals surface area contributed by atoms with Crippen LogP contribution in [0.4, 0.5) is 18.9 Å². The molecule has 0 heterocycles. The van der Waals surface area contributed by atoms with Crippen LogP contribution >= 0.6 is 11.6 Å². The van der Waals surface area contributed by atoms with Gasteiger partial charge in [-0.2, -0.15) is 13.2 Å². The van der Waals surface area contributed by atoms with Crippen molar-refractivity contribution in [3.8, 4) is 0 Å². The van der Waals surface area contributed by atoms with Gasteiger partial charge in [-0.15, -0.1) is 0 Å². The number of nitrogens with one attached hydrogen (secondary N) is 1. The average Bonchev–Trinajstić information content (AvgIpc) is 2.77. The molecule has 1 amide bonds. The molecule has 1 fully saturated rings. The van der Waals surface area contributed by atoms with Crippen LogP contribution in [0.3, 0.4) is 0 Å². The molecular formula is C14H16ClF3N2O. The van der Waals surface area contributed by atoms with Gasteiger partial charge in [0.25, 0.3) is 0 Å². The van der Waals surface area contributed by atoms with Gasteiger partial charge in [0.05, 0.1) is 16.3 Å². The molecule has 116 valence electrons. The molecule has 3 nitrogen and oxygen atoms in total. The number of benzene rings is 1. The molecule has 7 heteroatoms. The van der Waals surface area contributed by atoms with Gasteiger partial charge in [-0.1, -0.05) is 24.4 Å². The van der Waals surface area contributed by atoms with Gasteiger partial charge in [0.2, 0.25) is 5.91 Å². The van der Waals surface area contributed by atoms with E-state index in [0.29, 0.717) is 0 Å². The number of hydrogen-bond acceptors (Lipinski definition) is 2. The van der Waals surface area contributed by atoms with E-state index in [1.165, 1.54) is 0 Å². The second kappa shape index (κ2) is 5.85. The highest BCUT2D eigenvalue weighted by Crippen LogP contribution is 2.34. The first kappa shape index (κ1) is 16.1. The van der Waals surface area contributed by atoms with Crippen molar-refractivity contribution >= 4 is 23.2 Å². The van der Waals surface area contributed by atoms with E-state index >= 15 is 0 Å². The third kappa shape index (κ3) is 4.11. The second-order valence-corrected chi connectivity index (χ2v) is 5.89. The number of anilines is 1. The molecule has 1 aromatic rings. The van der Waals surface area contributed by atoms with E-state index in [0.717, 1.165) is 43.9 Å². The molecule has 1 saturated carbocycles. The highest BCUT2D eigenvalue weighted by atomic mass is 35.5. The van der Waals surface area contributed by atoms with E-state index in [9.17, 15) is 18.0 Å². The highest BCUT2D eigenvalue weighted by Gasteiger charge is 2.33. The molecule has 2 rings (SSSR count). The van der Waals surface area contributed by atoms with Gasteiger partial charge < -0.3 is 11.1 Å². The largest absolute Gasteiger partial charge is 0.416 e. The maximum Gasteiger partial charge on any atom is 0.416 e. The first-order valence-corrected chi connectivity index (χ1v) is 7.03. The van der Waals surface area contributed by atoms with Crippen molar-refractivity contribution in [1.82, 2.24) is 0 Å². The van der Waals surface area contributed by atoms with Gasteiger partial charge >= 0.3 is 6.18 Å². The Balaban J connectivity index is 2.10. The summed E-state index contributed by atoms with van der Waals surface area (Å²) in [6, 6.07) is 2.82.